The first-order valence-electron chi connectivity index (χ1n) is 10.0. The van der Waals surface area contributed by atoms with Crippen LogP contribution in [0.4, 0.5) is 5.69 Å². The van der Waals surface area contributed by atoms with Crippen molar-refractivity contribution in [2.45, 2.75) is 52.6 Å². The number of amides is 1. The molecule has 0 saturated carbocycles. The van der Waals surface area contributed by atoms with Crippen molar-refractivity contribution in [1.82, 2.24) is 0 Å². The number of ether oxygens (including phenoxy) is 1. The number of carbonyl (C=O) groups excluding carboxylic acids is 2. The molecule has 1 atom stereocenters. The number of fused-ring (bicyclic) bond motifs is 3. The Morgan fingerprint density at radius 3 is 2.72 bits per heavy atom. The van der Waals surface area contributed by atoms with Gasteiger partial charge in [0.1, 0.15) is 16.9 Å². The van der Waals surface area contributed by atoms with E-state index in [-0.39, 0.29) is 17.5 Å². The smallest absolute Gasteiger partial charge is 0.291 e. The number of benzene rings is 2. The zero-order valence-corrected chi connectivity index (χ0v) is 17.2. The molecule has 0 fully saturated rings. The summed E-state index contributed by atoms with van der Waals surface area (Å²) in [6.45, 7) is 7.83. The fraction of sp³-hybridized carbons (Fsp3) is 0.333. The van der Waals surface area contributed by atoms with Crippen LogP contribution in [0.1, 0.15) is 65.7 Å². The number of anilines is 1. The lowest BCUT2D eigenvalue weighted by atomic mass is 9.87. The normalized spacial score (nSPS) is 18.4. The topological polar surface area (TPSA) is 68.5 Å². The van der Waals surface area contributed by atoms with Crippen LogP contribution in [0.5, 0.6) is 5.75 Å². The first-order chi connectivity index (χ1) is 13.8. The fourth-order valence-corrected chi connectivity index (χ4v) is 3.88. The Balaban J connectivity index is 1.74. The molecule has 0 radical (unpaired) electrons. The van der Waals surface area contributed by atoms with Crippen LogP contribution in [-0.4, -0.2) is 17.3 Å². The maximum Gasteiger partial charge on any atom is 0.291 e. The van der Waals surface area contributed by atoms with Gasteiger partial charge in [0.2, 0.25) is 0 Å². The molecule has 3 aromatic rings. The van der Waals surface area contributed by atoms with Crippen LogP contribution < -0.4 is 10.1 Å². The van der Waals surface area contributed by atoms with Gasteiger partial charge in [-0.1, -0.05) is 26.0 Å². The van der Waals surface area contributed by atoms with E-state index in [9.17, 15) is 9.59 Å². The van der Waals surface area contributed by atoms with Crippen molar-refractivity contribution in [3.8, 4) is 5.75 Å². The monoisotopic (exact) mass is 391 g/mol. The summed E-state index contributed by atoms with van der Waals surface area (Å²) in [5, 5.41) is 3.56. The van der Waals surface area contributed by atoms with Crippen molar-refractivity contribution in [3.63, 3.8) is 0 Å². The summed E-state index contributed by atoms with van der Waals surface area (Å²) in [4.78, 5) is 25.8. The Labute approximate surface area is 170 Å². The van der Waals surface area contributed by atoms with E-state index >= 15 is 0 Å². The number of nitrogens with one attached hydrogen (secondary N) is 1. The van der Waals surface area contributed by atoms with E-state index < -0.39 is 5.60 Å². The van der Waals surface area contributed by atoms with E-state index in [0.717, 1.165) is 18.4 Å². The Hall–Kier alpha value is -3.08. The Morgan fingerprint density at radius 1 is 1.21 bits per heavy atom. The van der Waals surface area contributed by atoms with Crippen LogP contribution in [0.3, 0.4) is 0 Å². The van der Waals surface area contributed by atoms with Crippen molar-refractivity contribution in [3.05, 3.63) is 58.8 Å². The van der Waals surface area contributed by atoms with Crippen molar-refractivity contribution < 1.29 is 18.7 Å². The molecule has 4 rings (SSSR count). The molecule has 0 spiro atoms. The number of carbonyl (C=O) groups is 2. The van der Waals surface area contributed by atoms with Gasteiger partial charge >= 0.3 is 0 Å². The summed E-state index contributed by atoms with van der Waals surface area (Å²) in [6, 6.07) is 11.3. The van der Waals surface area contributed by atoms with Crippen molar-refractivity contribution in [2.75, 3.05) is 5.32 Å². The van der Waals surface area contributed by atoms with Gasteiger partial charge in [0, 0.05) is 16.6 Å². The average molecular weight is 391 g/mol. The summed E-state index contributed by atoms with van der Waals surface area (Å²) < 4.78 is 12.0. The zero-order valence-electron chi connectivity index (χ0n) is 17.2. The third kappa shape index (κ3) is 3.31. The van der Waals surface area contributed by atoms with Gasteiger partial charge in [0.25, 0.3) is 5.91 Å². The van der Waals surface area contributed by atoms with Crippen LogP contribution in [-0.2, 0) is 6.42 Å². The average Bonchev–Trinajstić information content (AvgIpc) is 3.04. The largest absolute Gasteiger partial charge is 0.486 e. The van der Waals surface area contributed by atoms with Crippen LogP contribution in [0.25, 0.3) is 11.0 Å². The van der Waals surface area contributed by atoms with Gasteiger partial charge in [0.05, 0.1) is 12.0 Å². The van der Waals surface area contributed by atoms with Gasteiger partial charge in [-0.25, -0.2) is 0 Å². The highest BCUT2D eigenvalue weighted by atomic mass is 16.5. The second kappa shape index (κ2) is 7.07. The predicted molar refractivity (Wildman–Crippen MR) is 113 cm³/mol. The molecular weight excluding hydrogens is 366 g/mol. The first-order valence-corrected chi connectivity index (χ1v) is 10.0. The summed E-state index contributed by atoms with van der Waals surface area (Å²) in [7, 11) is 0. The van der Waals surface area contributed by atoms with E-state index in [1.54, 1.807) is 12.1 Å². The Bertz CT molecular complexity index is 1130. The minimum absolute atomic E-state index is 0.0210. The molecule has 0 aliphatic carbocycles. The van der Waals surface area contributed by atoms with Crippen LogP contribution in [0.15, 0.2) is 40.8 Å². The molecule has 1 aliphatic heterocycles. The molecule has 1 N–H and O–H groups in total. The van der Waals surface area contributed by atoms with Gasteiger partial charge < -0.3 is 14.5 Å². The number of hydrogen-bond acceptors (Lipinski definition) is 4. The van der Waals surface area contributed by atoms with Gasteiger partial charge in [-0.15, -0.1) is 0 Å². The maximum absolute atomic E-state index is 12.9. The highest BCUT2D eigenvalue weighted by Gasteiger charge is 2.37. The highest BCUT2D eigenvalue weighted by Crippen LogP contribution is 2.41. The van der Waals surface area contributed by atoms with Crippen LogP contribution >= 0.6 is 0 Å². The Kier molecular flexibility index (Phi) is 4.69. The molecule has 0 bridgehead atoms. The lowest BCUT2D eigenvalue weighted by Crippen LogP contribution is -2.38. The minimum Gasteiger partial charge on any atom is -0.486 e. The molecule has 1 aromatic heterocycles. The van der Waals surface area contributed by atoms with Gasteiger partial charge in [-0.3, -0.25) is 9.59 Å². The molecule has 29 heavy (non-hydrogen) atoms. The molecule has 0 unspecified atom stereocenters. The van der Waals surface area contributed by atoms with E-state index in [4.69, 9.17) is 9.15 Å². The lowest BCUT2D eigenvalue weighted by molar-refractivity contribution is 0.0503. The number of rotatable bonds is 4. The molecule has 5 nitrogen and oxygen atoms in total. The molecule has 150 valence electrons. The second-order valence-electron chi connectivity index (χ2n) is 7.88. The summed E-state index contributed by atoms with van der Waals surface area (Å²) >= 11 is 0. The third-order valence-corrected chi connectivity index (χ3v) is 5.77. The molecule has 0 saturated heterocycles. The first kappa shape index (κ1) is 19.2. The van der Waals surface area contributed by atoms with Gasteiger partial charge in [0.15, 0.2) is 11.5 Å². The predicted octanol–water partition coefficient (Wildman–Crippen LogP) is 5.69. The standard InChI is InChI=1S/C24H25NO4/c1-5-15-8-7-9-16(12-15)25-23(27)22-14(3)20-18(28-22)10-11-19-21(20)17(26)13-24(4,6-2)29-19/h7-12H,5-6,13H2,1-4H3,(H,25,27)/t24-/m0/s1. The molecule has 2 heterocycles. The van der Waals surface area contributed by atoms with E-state index in [2.05, 4.69) is 12.2 Å². The van der Waals surface area contributed by atoms with Crippen LogP contribution in [0.2, 0.25) is 0 Å². The third-order valence-electron chi connectivity index (χ3n) is 5.77. The van der Waals surface area contributed by atoms with Crippen molar-refractivity contribution in [1.29, 1.82) is 0 Å². The maximum atomic E-state index is 12.9. The lowest BCUT2D eigenvalue weighted by Gasteiger charge is -2.34. The molecule has 2 aromatic carbocycles. The molecule has 1 amide bonds. The Morgan fingerprint density at radius 2 is 2.00 bits per heavy atom. The van der Waals surface area contributed by atoms with Crippen molar-refractivity contribution in [2.24, 2.45) is 0 Å². The summed E-state index contributed by atoms with van der Waals surface area (Å²) in [5.41, 5.74) is 3.04. The zero-order chi connectivity index (χ0) is 20.8. The number of aryl methyl sites for hydroxylation is 2. The van der Waals surface area contributed by atoms with E-state index in [0.29, 0.717) is 40.0 Å². The quantitative estimate of drug-likeness (QED) is 0.620. The molecule has 5 heteroatoms. The SMILES string of the molecule is CCc1cccc(NC(=O)c2oc3ccc4c(c3c2C)C(=O)C[C@](C)(CC)O4)c1. The van der Waals surface area contributed by atoms with Crippen LogP contribution in [0, 0.1) is 6.92 Å². The second-order valence-corrected chi connectivity index (χ2v) is 7.88. The summed E-state index contributed by atoms with van der Waals surface area (Å²) in [5.74, 6) is 0.465. The highest BCUT2D eigenvalue weighted by molar-refractivity contribution is 6.14. The number of furan rings is 1. The van der Waals surface area contributed by atoms with Gasteiger partial charge in [-0.2, -0.15) is 0 Å². The van der Waals surface area contributed by atoms with Gasteiger partial charge in [-0.05, 0) is 56.5 Å². The van der Waals surface area contributed by atoms with Crippen molar-refractivity contribution >= 4 is 28.3 Å². The van der Waals surface area contributed by atoms with E-state index in [1.165, 1.54) is 0 Å². The van der Waals surface area contributed by atoms with E-state index in [1.807, 2.05) is 45.0 Å². The number of ketones is 1. The number of Topliss-reactive ketones (excluding diaryl/α,β-unsaturated/α-hetero) is 1. The number of hydrogen-bond donors (Lipinski definition) is 1. The fourth-order valence-electron chi connectivity index (χ4n) is 3.88. The molecular formula is C24H25NO4. The molecule has 1 aliphatic rings. The minimum atomic E-state index is -0.500. The summed E-state index contributed by atoms with van der Waals surface area (Å²) in [6.07, 6.45) is 1.94.